The van der Waals surface area contributed by atoms with Crippen LogP contribution < -0.4 is 4.74 Å². The molecular weight excluding hydrogens is 344 g/mol. The van der Waals surface area contributed by atoms with Gasteiger partial charge < -0.3 is 14.8 Å². The fourth-order valence-electron chi connectivity index (χ4n) is 3.43. The fourth-order valence-corrected chi connectivity index (χ4v) is 3.43. The Kier molecular flexibility index (Phi) is 4.16. The average Bonchev–Trinajstić information content (AvgIpc) is 3.20. The number of fused-ring (bicyclic) bond motifs is 1. The number of imide groups is 1. The summed E-state index contributed by atoms with van der Waals surface area (Å²) in [6.45, 7) is 0.183. The predicted octanol–water partition coefficient (Wildman–Crippen LogP) is 3.06. The Hall–Kier alpha value is -3.54. The van der Waals surface area contributed by atoms with Gasteiger partial charge in [-0.3, -0.25) is 14.5 Å². The fraction of sp³-hybridized carbons (Fsp3) is 0.143. The standard InChI is InChI=1S/C21H18N2O4/c1-27-17-9-5-3-7-15(17)18-19(24)21(26)23(20(18)25)11-10-13-12-22-16-8-4-2-6-14(13)16/h2-9,12,22,24H,10-11H2,1H3. The number of hydrogen-bond acceptors (Lipinski definition) is 4. The first-order valence-electron chi connectivity index (χ1n) is 8.59. The molecule has 2 N–H and O–H groups in total. The quantitative estimate of drug-likeness (QED) is 0.684. The van der Waals surface area contributed by atoms with E-state index in [2.05, 4.69) is 4.98 Å². The molecule has 1 aliphatic rings. The van der Waals surface area contributed by atoms with Crippen LogP contribution in [0, 0.1) is 0 Å². The minimum absolute atomic E-state index is 0.0172. The van der Waals surface area contributed by atoms with Gasteiger partial charge in [0, 0.05) is 29.2 Å². The molecule has 0 aliphatic carbocycles. The van der Waals surface area contributed by atoms with Gasteiger partial charge >= 0.3 is 0 Å². The molecule has 0 fully saturated rings. The molecule has 4 rings (SSSR count). The number of para-hydroxylation sites is 2. The maximum atomic E-state index is 12.8. The highest BCUT2D eigenvalue weighted by atomic mass is 16.5. The lowest BCUT2D eigenvalue weighted by molar-refractivity contribution is -0.138. The van der Waals surface area contributed by atoms with E-state index in [1.54, 1.807) is 24.3 Å². The highest BCUT2D eigenvalue weighted by molar-refractivity contribution is 6.35. The van der Waals surface area contributed by atoms with Crippen LogP contribution in [-0.4, -0.2) is 40.5 Å². The predicted molar refractivity (Wildman–Crippen MR) is 101 cm³/mol. The number of nitrogens with one attached hydrogen (secondary N) is 1. The van der Waals surface area contributed by atoms with Crippen LogP contribution >= 0.6 is 0 Å². The number of methoxy groups -OCH3 is 1. The van der Waals surface area contributed by atoms with Crippen molar-refractivity contribution in [2.75, 3.05) is 13.7 Å². The molecule has 1 aromatic heterocycles. The van der Waals surface area contributed by atoms with E-state index in [-0.39, 0.29) is 12.1 Å². The number of hydrogen-bond donors (Lipinski definition) is 2. The Balaban J connectivity index is 1.59. The number of carbonyl (C=O) groups is 2. The first-order valence-corrected chi connectivity index (χ1v) is 8.59. The van der Waals surface area contributed by atoms with Gasteiger partial charge in [-0.25, -0.2) is 0 Å². The lowest BCUT2D eigenvalue weighted by Crippen LogP contribution is -2.33. The van der Waals surface area contributed by atoms with E-state index in [4.69, 9.17) is 4.74 Å². The van der Waals surface area contributed by atoms with Crippen molar-refractivity contribution in [2.45, 2.75) is 6.42 Å². The molecule has 3 aromatic rings. The van der Waals surface area contributed by atoms with E-state index in [1.165, 1.54) is 7.11 Å². The van der Waals surface area contributed by atoms with Crippen LogP contribution in [0.15, 0.2) is 60.5 Å². The van der Waals surface area contributed by atoms with Crippen LogP contribution in [0.2, 0.25) is 0 Å². The van der Waals surface area contributed by atoms with E-state index in [9.17, 15) is 14.7 Å². The maximum absolute atomic E-state index is 12.8. The summed E-state index contributed by atoms with van der Waals surface area (Å²) in [6.07, 6.45) is 2.37. The van der Waals surface area contributed by atoms with Gasteiger partial charge in [-0.05, 0) is 24.1 Å². The molecule has 6 heteroatoms. The van der Waals surface area contributed by atoms with Crippen LogP contribution in [0.25, 0.3) is 16.5 Å². The van der Waals surface area contributed by atoms with Gasteiger partial charge in [0.2, 0.25) is 0 Å². The Morgan fingerprint density at radius 1 is 1.04 bits per heavy atom. The molecular formula is C21H18N2O4. The summed E-state index contributed by atoms with van der Waals surface area (Å²) in [5.41, 5.74) is 2.40. The third-order valence-corrected chi connectivity index (χ3v) is 4.80. The highest BCUT2D eigenvalue weighted by Gasteiger charge is 2.39. The summed E-state index contributed by atoms with van der Waals surface area (Å²) < 4.78 is 5.26. The van der Waals surface area contributed by atoms with Crippen molar-refractivity contribution in [2.24, 2.45) is 0 Å². The monoisotopic (exact) mass is 362 g/mol. The summed E-state index contributed by atoms with van der Waals surface area (Å²) in [6, 6.07) is 14.7. The van der Waals surface area contributed by atoms with Crippen molar-refractivity contribution >= 4 is 28.3 Å². The van der Waals surface area contributed by atoms with Crippen molar-refractivity contribution in [3.05, 3.63) is 71.6 Å². The summed E-state index contributed by atoms with van der Waals surface area (Å²) in [7, 11) is 1.48. The third-order valence-electron chi connectivity index (χ3n) is 4.80. The molecule has 0 unspecified atom stereocenters. The Bertz CT molecular complexity index is 1080. The van der Waals surface area contributed by atoms with Gasteiger partial charge in [0.15, 0.2) is 5.76 Å². The summed E-state index contributed by atoms with van der Waals surface area (Å²) in [5.74, 6) is -1.30. The molecule has 2 heterocycles. The van der Waals surface area contributed by atoms with E-state index in [0.717, 1.165) is 21.4 Å². The number of carbonyl (C=O) groups excluding carboxylic acids is 2. The van der Waals surface area contributed by atoms with E-state index < -0.39 is 17.6 Å². The first kappa shape index (κ1) is 16.9. The minimum atomic E-state index is -0.680. The summed E-state index contributed by atoms with van der Waals surface area (Å²) in [4.78, 5) is 29.6. The van der Waals surface area contributed by atoms with Crippen molar-refractivity contribution in [3.63, 3.8) is 0 Å². The number of aromatic amines is 1. The zero-order chi connectivity index (χ0) is 19.0. The average molecular weight is 362 g/mol. The molecule has 6 nitrogen and oxygen atoms in total. The number of nitrogens with zero attached hydrogens (tertiary/aromatic N) is 1. The molecule has 0 radical (unpaired) electrons. The second-order valence-electron chi connectivity index (χ2n) is 6.30. The molecule has 0 spiro atoms. The minimum Gasteiger partial charge on any atom is -0.502 e. The third kappa shape index (κ3) is 2.75. The smallest absolute Gasteiger partial charge is 0.296 e. The molecule has 2 aromatic carbocycles. The zero-order valence-corrected chi connectivity index (χ0v) is 14.7. The molecule has 136 valence electrons. The number of rotatable bonds is 5. The number of benzene rings is 2. The number of H-pyrrole nitrogens is 1. The second kappa shape index (κ2) is 6.64. The van der Waals surface area contributed by atoms with E-state index >= 15 is 0 Å². The normalized spacial score (nSPS) is 14.5. The topological polar surface area (TPSA) is 82.6 Å². The summed E-state index contributed by atoms with van der Waals surface area (Å²) >= 11 is 0. The second-order valence-corrected chi connectivity index (χ2v) is 6.30. The summed E-state index contributed by atoms with van der Waals surface area (Å²) in [5, 5.41) is 11.4. The first-order chi connectivity index (χ1) is 13.1. The van der Waals surface area contributed by atoms with Gasteiger partial charge in [0.05, 0.1) is 12.7 Å². The Morgan fingerprint density at radius 3 is 2.59 bits per heavy atom. The Labute approximate surface area is 155 Å². The zero-order valence-electron chi connectivity index (χ0n) is 14.7. The number of ether oxygens (including phenoxy) is 1. The number of aliphatic hydroxyl groups excluding tert-OH is 1. The largest absolute Gasteiger partial charge is 0.502 e. The number of amides is 2. The molecule has 0 atom stereocenters. The molecule has 0 saturated heterocycles. The van der Waals surface area contributed by atoms with Crippen LogP contribution in [-0.2, 0) is 16.0 Å². The van der Waals surface area contributed by atoms with Crippen molar-refractivity contribution in [1.82, 2.24) is 9.88 Å². The molecule has 27 heavy (non-hydrogen) atoms. The lowest BCUT2D eigenvalue weighted by atomic mass is 10.0. The highest BCUT2D eigenvalue weighted by Crippen LogP contribution is 2.33. The molecule has 1 aliphatic heterocycles. The van der Waals surface area contributed by atoms with Crippen LogP contribution in [0.4, 0.5) is 0 Å². The van der Waals surface area contributed by atoms with Gasteiger partial charge in [-0.2, -0.15) is 0 Å². The maximum Gasteiger partial charge on any atom is 0.296 e. The number of aromatic nitrogens is 1. The van der Waals surface area contributed by atoms with Crippen LogP contribution in [0.5, 0.6) is 5.75 Å². The molecule has 0 bridgehead atoms. The van der Waals surface area contributed by atoms with E-state index in [1.807, 2.05) is 30.5 Å². The lowest BCUT2D eigenvalue weighted by Gasteiger charge is -2.14. The van der Waals surface area contributed by atoms with E-state index in [0.29, 0.717) is 17.7 Å². The van der Waals surface area contributed by atoms with Gasteiger partial charge in [0.1, 0.15) is 5.75 Å². The van der Waals surface area contributed by atoms with Gasteiger partial charge in [0.25, 0.3) is 11.8 Å². The SMILES string of the molecule is COc1ccccc1C1=C(O)C(=O)N(CCc2c[nH]c3ccccc23)C1=O. The Morgan fingerprint density at radius 2 is 1.78 bits per heavy atom. The van der Waals surface area contributed by atoms with Crippen molar-refractivity contribution in [3.8, 4) is 5.75 Å². The molecule has 0 saturated carbocycles. The van der Waals surface area contributed by atoms with Crippen LogP contribution in [0.3, 0.4) is 0 Å². The number of aliphatic hydroxyl groups is 1. The van der Waals surface area contributed by atoms with Gasteiger partial charge in [-0.1, -0.05) is 36.4 Å². The van der Waals surface area contributed by atoms with Crippen LogP contribution in [0.1, 0.15) is 11.1 Å². The van der Waals surface area contributed by atoms with Crippen molar-refractivity contribution < 1.29 is 19.4 Å². The van der Waals surface area contributed by atoms with Gasteiger partial charge in [-0.15, -0.1) is 0 Å². The van der Waals surface area contributed by atoms with Crippen molar-refractivity contribution in [1.29, 1.82) is 0 Å². The molecule has 2 amide bonds.